The highest BCUT2D eigenvalue weighted by atomic mass is 14.7. The van der Waals surface area contributed by atoms with Crippen LogP contribution < -0.4 is 0 Å². The highest BCUT2D eigenvalue weighted by Gasteiger charge is 2.06. The molecular formula is C15H14N2. The van der Waals surface area contributed by atoms with Crippen molar-refractivity contribution >= 4 is 0 Å². The van der Waals surface area contributed by atoms with Crippen molar-refractivity contribution in [3.8, 4) is 17.3 Å². The third kappa shape index (κ3) is 2.34. The van der Waals surface area contributed by atoms with Crippen LogP contribution in [0.1, 0.15) is 30.9 Å². The van der Waals surface area contributed by atoms with Crippen LogP contribution in [0.3, 0.4) is 0 Å². The summed E-state index contributed by atoms with van der Waals surface area (Å²) in [4.78, 5) is 4.27. The second-order valence-corrected chi connectivity index (χ2v) is 4.29. The van der Waals surface area contributed by atoms with Gasteiger partial charge in [-0.25, -0.2) is 0 Å². The molecule has 0 aliphatic rings. The highest BCUT2D eigenvalue weighted by Crippen LogP contribution is 2.23. The van der Waals surface area contributed by atoms with Crippen molar-refractivity contribution < 1.29 is 0 Å². The summed E-state index contributed by atoms with van der Waals surface area (Å²) < 4.78 is 0. The first-order chi connectivity index (χ1) is 8.22. The van der Waals surface area contributed by atoms with Crippen LogP contribution >= 0.6 is 0 Å². The zero-order valence-corrected chi connectivity index (χ0v) is 10.0. The van der Waals surface area contributed by atoms with Crippen molar-refractivity contribution in [2.75, 3.05) is 0 Å². The standard InChI is InChI=1S/C15H14N2/c1-11(2)12-5-7-13(8-6-12)15-14(10-16)4-3-9-17-15/h3-9,11H,1-2H3. The molecule has 17 heavy (non-hydrogen) atoms. The lowest BCUT2D eigenvalue weighted by Gasteiger charge is -2.07. The molecule has 0 N–H and O–H groups in total. The summed E-state index contributed by atoms with van der Waals surface area (Å²) in [5, 5.41) is 9.03. The van der Waals surface area contributed by atoms with Crippen LogP contribution in [0, 0.1) is 11.3 Å². The molecule has 2 rings (SSSR count). The molecule has 0 fully saturated rings. The molecule has 0 unspecified atom stereocenters. The molecule has 0 bridgehead atoms. The van der Waals surface area contributed by atoms with E-state index in [1.54, 1.807) is 18.3 Å². The van der Waals surface area contributed by atoms with E-state index in [9.17, 15) is 0 Å². The van der Waals surface area contributed by atoms with Crippen LogP contribution in [0.2, 0.25) is 0 Å². The number of nitriles is 1. The minimum Gasteiger partial charge on any atom is -0.255 e. The minimum atomic E-state index is 0.517. The summed E-state index contributed by atoms with van der Waals surface area (Å²) in [6.07, 6.45) is 1.71. The predicted molar refractivity (Wildman–Crippen MR) is 68.5 cm³/mol. The van der Waals surface area contributed by atoms with E-state index in [1.165, 1.54) is 5.56 Å². The molecule has 1 aromatic heterocycles. The number of aromatic nitrogens is 1. The Labute approximate surface area is 102 Å². The van der Waals surface area contributed by atoms with E-state index < -0.39 is 0 Å². The van der Waals surface area contributed by atoms with Crippen LogP contribution in [0.25, 0.3) is 11.3 Å². The smallest absolute Gasteiger partial charge is 0.101 e. The van der Waals surface area contributed by atoms with Gasteiger partial charge in [-0.15, -0.1) is 0 Å². The minimum absolute atomic E-state index is 0.517. The van der Waals surface area contributed by atoms with Crippen molar-refractivity contribution in [2.45, 2.75) is 19.8 Å². The molecule has 2 heteroatoms. The molecule has 0 spiro atoms. The second-order valence-electron chi connectivity index (χ2n) is 4.29. The summed E-state index contributed by atoms with van der Waals surface area (Å²) >= 11 is 0. The summed E-state index contributed by atoms with van der Waals surface area (Å²) in [7, 11) is 0. The molecule has 2 aromatic rings. The number of pyridine rings is 1. The normalized spacial score (nSPS) is 10.2. The quantitative estimate of drug-likeness (QED) is 0.776. The summed E-state index contributed by atoms with van der Waals surface area (Å²) in [5.74, 6) is 0.517. The van der Waals surface area contributed by atoms with Gasteiger partial charge in [-0.05, 0) is 23.6 Å². The Hall–Kier alpha value is -2.14. The van der Waals surface area contributed by atoms with Crippen LogP contribution in [0.4, 0.5) is 0 Å². The van der Waals surface area contributed by atoms with Gasteiger partial charge in [0.1, 0.15) is 6.07 Å². The van der Waals surface area contributed by atoms with E-state index in [4.69, 9.17) is 5.26 Å². The molecule has 0 aliphatic heterocycles. The van der Waals surface area contributed by atoms with Gasteiger partial charge in [0.05, 0.1) is 11.3 Å². The fourth-order valence-corrected chi connectivity index (χ4v) is 1.75. The van der Waals surface area contributed by atoms with Crippen LogP contribution in [0.5, 0.6) is 0 Å². The lowest BCUT2D eigenvalue weighted by Crippen LogP contribution is -1.90. The Kier molecular flexibility index (Phi) is 3.20. The van der Waals surface area contributed by atoms with Gasteiger partial charge in [0.2, 0.25) is 0 Å². The van der Waals surface area contributed by atoms with Crippen molar-refractivity contribution in [1.29, 1.82) is 5.26 Å². The highest BCUT2D eigenvalue weighted by molar-refractivity contribution is 5.66. The average molecular weight is 222 g/mol. The number of benzene rings is 1. The molecule has 2 nitrogen and oxygen atoms in total. The Morgan fingerprint density at radius 3 is 2.41 bits per heavy atom. The number of hydrogen-bond donors (Lipinski definition) is 0. The van der Waals surface area contributed by atoms with Gasteiger partial charge in [-0.3, -0.25) is 4.98 Å². The number of hydrogen-bond acceptors (Lipinski definition) is 2. The van der Waals surface area contributed by atoms with E-state index in [1.807, 2.05) is 12.1 Å². The SMILES string of the molecule is CC(C)c1ccc(-c2ncccc2C#N)cc1. The molecule has 0 atom stereocenters. The van der Waals surface area contributed by atoms with Gasteiger partial charge in [-0.2, -0.15) is 5.26 Å². The van der Waals surface area contributed by atoms with Gasteiger partial charge in [-0.1, -0.05) is 38.1 Å². The first-order valence-corrected chi connectivity index (χ1v) is 5.68. The van der Waals surface area contributed by atoms with E-state index in [0.717, 1.165) is 11.3 Å². The third-order valence-corrected chi connectivity index (χ3v) is 2.78. The maximum atomic E-state index is 9.03. The summed E-state index contributed by atoms with van der Waals surface area (Å²) in [5.41, 5.74) is 3.66. The summed E-state index contributed by atoms with van der Waals surface area (Å²) in [6, 6.07) is 14.0. The van der Waals surface area contributed by atoms with Gasteiger partial charge in [0.15, 0.2) is 0 Å². The summed E-state index contributed by atoms with van der Waals surface area (Å²) in [6.45, 7) is 4.33. The molecule has 0 saturated carbocycles. The van der Waals surface area contributed by atoms with Gasteiger partial charge in [0.25, 0.3) is 0 Å². The predicted octanol–water partition coefficient (Wildman–Crippen LogP) is 3.74. The van der Waals surface area contributed by atoms with E-state index >= 15 is 0 Å². The topological polar surface area (TPSA) is 36.7 Å². The van der Waals surface area contributed by atoms with Gasteiger partial charge < -0.3 is 0 Å². The van der Waals surface area contributed by atoms with Crippen LogP contribution in [-0.4, -0.2) is 4.98 Å². The lowest BCUT2D eigenvalue weighted by molar-refractivity contribution is 0.867. The first kappa shape index (κ1) is 11.3. The van der Waals surface area contributed by atoms with Crippen molar-refractivity contribution in [3.05, 3.63) is 53.7 Å². The van der Waals surface area contributed by atoms with Crippen molar-refractivity contribution in [3.63, 3.8) is 0 Å². The molecule has 0 amide bonds. The lowest BCUT2D eigenvalue weighted by atomic mass is 9.99. The zero-order valence-electron chi connectivity index (χ0n) is 10.0. The fourth-order valence-electron chi connectivity index (χ4n) is 1.75. The van der Waals surface area contributed by atoms with E-state index in [2.05, 4.69) is 37.0 Å². The average Bonchev–Trinajstić information content (AvgIpc) is 2.39. The van der Waals surface area contributed by atoms with E-state index in [-0.39, 0.29) is 0 Å². The van der Waals surface area contributed by atoms with Gasteiger partial charge >= 0.3 is 0 Å². The molecule has 1 aromatic carbocycles. The van der Waals surface area contributed by atoms with Gasteiger partial charge in [0, 0.05) is 11.8 Å². The molecule has 0 radical (unpaired) electrons. The molecule has 0 saturated heterocycles. The Morgan fingerprint density at radius 1 is 1.12 bits per heavy atom. The Morgan fingerprint density at radius 2 is 1.82 bits per heavy atom. The first-order valence-electron chi connectivity index (χ1n) is 5.68. The van der Waals surface area contributed by atoms with Crippen LogP contribution in [0.15, 0.2) is 42.6 Å². The Bertz CT molecular complexity index is 548. The largest absolute Gasteiger partial charge is 0.255 e. The maximum absolute atomic E-state index is 9.03. The van der Waals surface area contributed by atoms with Crippen LogP contribution in [-0.2, 0) is 0 Å². The molecule has 0 aliphatic carbocycles. The molecule has 84 valence electrons. The zero-order chi connectivity index (χ0) is 12.3. The third-order valence-electron chi connectivity index (χ3n) is 2.78. The second kappa shape index (κ2) is 4.80. The monoisotopic (exact) mass is 222 g/mol. The Balaban J connectivity index is 2.44. The molecule has 1 heterocycles. The number of nitrogens with zero attached hydrogens (tertiary/aromatic N) is 2. The number of rotatable bonds is 2. The fraction of sp³-hybridized carbons (Fsp3) is 0.200. The van der Waals surface area contributed by atoms with Crippen molar-refractivity contribution in [2.24, 2.45) is 0 Å². The maximum Gasteiger partial charge on any atom is 0.101 e. The van der Waals surface area contributed by atoms with E-state index in [0.29, 0.717) is 11.5 Å². The molecular weight excluding hydrogens is 208 g/mol. The van der Waals surface area contributed by atoms with Crippen molar-refractivity contribution in [1.82, 2.24) is 4.98 Å².